The monoisotopic (exact) mass is 352 g/mol. The lowest BCUT2D eigenvalue weighted by molar-refractivity contribution is -0.133. The Morgan fingerprint density at radius 3 is 2.23 bits per heavy atom. The van der Waals surface area contributed by atoms with Gasteiger partial charge in [-0.15, -0.1) is 0 Å². The van der Waals surface area contributed by atoms with Gasteiger partial charge in [0.15, 0.2) is 0 Å². The fraction of sp³-hybridized carbons (Fsp3) is 0.542. The van der Waals surface area contributed by atoms with Crippen molar-refractivity contribution in [3.8, 4) is 0 Å². The summed E-state index contributed by atoms with van der Waals surface area (Å²) in [7, 11) is 0. The number of allylic oxidation sites excluding steroid dienone is 3. The number of carboxylic acid groups (broad SMARTS) is 1. The van der Waals surface area contributed by atoms with E-state index < -0.39 is 5.97 Å². The van der Waals surface area contributed by atoms with Crippen LogP contribution in [0.2, 0.25) is 0 Å². The van der Waals surface area contributed by atoms with Crippen molar-refractivity contribution in [1.82, 2.24) is 0 Å². The highest BCUT2D eigenvalue weighted by Gasteiger charge is 2.39. The Bertz CT molecular complexity index is 807. The van der Waals surface area contributed by atoms with Crippen LogP contribution in [-0.2, 0) is 21.0 Å². The molecule has 0 aliphatic heterocycles. The maximum Gasteiger partial charge on any atom is 0.331 e. The molecule has 1 aromatic carbocycles. The molecule has 0 saturated heterocycles. The Labute approximate surface area is 158 Å². The average Bonchev–Trinajstić information content (AvgIpc) is 2.71. The molecule has 3 rings (SSSR count). The molecular weight excluding hydrogens is 320 g/mol. The van der Waals surface area contributed by atoms with Gasteiger partial charge in [-0.25, -0.2) is 4.79 Å². The number of carbonyl (C=O) groups is 1. The first-order valence-corrected chi connectivity index (χ1v) is 9.71. The molecule has 26 heavy (non-hydrogen) atoms. The topological polar surface area (TPSA) is 37.3 Å². The van der Waals surface area contributed by atoms with Crippen LogP contribution in [0, 0.1) is 0 Å². The van der Waals surface area contributed by atoms with Gasteiger partial charge in [-0.05, 0) is 65.7 Å². The quantitative estimate of drug-likeness (QED) is 0.704. The fourth-order valence-corrected chi connectivity index (χ4v) is 4.63. The summed E-state index contributed by atoms with van der Waals surface area (Å²) < 4.78 is 0. The number of hydrogen-bond acceptors (Lipinski definition) is 1. The molecule has 0 amide bonds. The molecule has 2 nitrogen and oxygen atoms in total. The smallest absolute Gasteiger partial charge is 0.331 e. The minimum absolute atomic E-state index is 0.166. The van der Waals surface area contributed by atoms with E-state index >= 15 is 0 Å². The predicted octanol–water partition coefficient (Wildman–Crippen LogP) is 6.04. The van der Waals surface area contributed by atoms with Crippen molar-refractivity contribution in [3.05, 3.63) is 58.2 Å². The van der Waals surface area contributed by atoms with Crippen molar-refractivity contribution >= 4 is 5.97 Å². The number of hydrogen-bond donors (Lipinski definition) is 1. The fourth-order valence-electron chi connectivity index (χ4n) is 4.63. The lowest BCUT2D eigenvalue weighted by Crippen LogP contribution is -2.34. The van der Waals surface area contributed by atoms with Gasteiger partial charge in [0.05, 0.1) is 0 Å². The van der Waals surface area contributed by atoms with Crippen LogP contribution in [0.1, 0.15) is 83.9 Å². The highest BCUT2D eigenvalue weighted by atomic mass is 16.4. The third kappa shape index (κ3) is 3.15. The highest BCUT2D eigenvalue weighted by molar-refractivity contribution is 5.88. The molecule has 1 atom stereocenters. The number of rotatable bonds is 2. The first-order chi connectivity index (χ1) is 12.0. The van der Waals surface area contributed by atoms with Crippen molar-refractivity contribution in [3.63, 3.8) is 0 Å². The number of benzene rings is 1. The molecule has 1 unspecified atom stereocenters. The van der Waals surface area contributed by atoms with Crippen LogP contribution in [0.15, 0.2) is 41.5 Å². The molecule has 1 aromatic rings. The van der Waals surface area contributed by atoms with Crippen LogP contribution in [0.4, 0.5) is 0 Å². The highest BCUT2D eigenvalue weighted by Crippen LogP contribution is 2.48. The van der Waals surface area contributed by atoms with E-state index in [1.165, 1.54) is 29.5 Å². The van der Waals surface area contributed by atoms with Gasteiger partial charge in [-0.2, -0.15) is 0 Å². The SMILES string of the molecule is CC1=C(C(=O)O)CC(C)(c2ccc3c(c2)C(C)(C)CCC3(C)C)CC=C1. The number of aliphatic carboxylic acids is 1. The van der Waals surface area contributed by atoms with Gasteiger partial charge in [0.25, 0.3) is 0 Å². The maximum absolute atomic E-state index is 11.8. The Hall–Kier alpha value is -1.83. The van der Waals surface area contributed by atoms with E-state index in [0.717, 1.165) is 12.0 Å². The van der Waals surface area contributed by atoms with Crippen molar-refractivity contribution in [2.24, 2.45) is 0 Å². The third-order valence-corrected chi connectivity index (χ3v) is 6.79. The summed E-state index contributed by atoms with van der Waals surface area (Å²) >= 11 is 0. The van der Waals surface area contributed by atoms with E-state index in [2.05, 4.69) is 58.9 Å². The minimum atomic E-state index is -0.792. The first-order valence-electron chi connectivity index (χ1n) is 9.71. The van der Waals surface area contributed by atoms with Gasteiger partial charge in [-0.1, -0.05) is 65.0 Å². The second-order valence-electron chi connectivity index (χ2n) is 9.84. The maximum atomic E-state index is 11.8. The van der Waals surface area contributed by atoms with Crippen LogP contribution in [0.3, 0.4) is 0 Å². The van der Waals surface area contributed by atoms with Gasteiger partial charge in [-0.3, -0.25) is 0 Å². The zero-order valence-electron chi connectivity index (χ0n) is 17.1. The van der Waals surface area contributed by atoms with Crippen molar-refractivity contribution in [1.29, 1.82) is 0 Å². The Morgan fingerprint density at radius 2 is 1.62 bits per heavy atom. The van der Waals surface area contributed by atoms with Crippen molar-refractivity contribution in [2.75, 3.05) is 0 Å². The Balaban J connectivity index is 2.11. The van der Waals surface area contributed by atoms with Crippen LogP contribution in [-0.4, -0.2) is 11.1 Å². The van der Waals surface area contributed by atoms with E-state index in [0.29, 0.717) is 12.0 Å². The summed E-state index contributed by atoms with van der Waals surface area (Å²) in [5.41, 5.74) is 5.76. The molecule has 0 saturated carbocycles. The lowest BCUT2D eigenvalue weighted by atomic mass is 9.62. The molecule has 2 heteroatoms. The molecule has 2 aliphatic rings. The molecule has 0 bridgehead atoms. The minimum Gasteiger partial charge on any atom is -0.478 e. The normalized spacial score (nSPS) is 27.0. The van der Waals surface area contributed by atoms with Gasteiger partial charge in [0, 0.05) is 11.0 Å². The van der Waals surface area contributed by atoms with E-state index in [9.17, 15) is 9.90 Å². The summed E-state index contributed by atoms with van der Waals surface area (Å²) in [6.45, 7) is 13.5. The molecule has 0 heterocycles. The zero-order chi connectivity index (χ0) is 19.3. The molecule has 2 aliphatic carbocycles. The predicted molar refractivity (Wildman–Crippen MR) is 108 cm³/mol. The van der Waals surface area contributed by atoms with Crippen LogP contribution >= 0.6 is 0 Å². The van der Waals surface area contributed by atoms with Gasteiger partial charge >= 0.3 is 5.97 Å². The van der Waals surface area contributed by atoms with Crippen molar-refractivity contribution < 1.29 is 9.90 Å². The third-order valence-electron chi connectivity index (χ3n) is 6.79. The summed E-state index contributed by atoms with van der Waals surface area (Å²) in [4.78, 5) is 11.8. The summed E-state index contributed by atoms with van der Waals surface area (Å²) in [6, 6.07) is 6.93. The Kier molecular flexibility index (Phi) is 4.45. The Morgan fingerprint density at radius 1 is 1.00 bits per heavy atom. The second kappa shape index (κ2) is 6.11. The molecule has 0 spiro atoms. The van der Waals surface area contributed by atoms with Gasteiger partial charge in [0.1, 0.15) is 0 Å². The van der Waals surface area contributed by atoms with Crippen LogP contribution in [0.25, 0.3) is 0 Å². The van der Waals surface area contributed by atoms with E-state index in [-0.39, 0.29) is 16.2 Å². The second-order valence-corrected chi connectivity index (χ2v) is 9.84. The van der Waals surface area contributed by atoms with Crippen LogP contribution in [0.5, 0.6) is 0 Å². The molecular formula is C24H32O2. The van der Waals surface area contributed by atoms with E-state index in [1.807, 2.05) is 13.0 Å². The van der Waals surface area contributed by atoms with E-state index in [1.54, 1.807) is 0 Å². The van der Waals surface area contributed by atoms with Crippen molar-refractivity contribution in [2.45, 2.75) is 83.5 Å². The summed E-state index contributed by atoms with van der Waals surface area (Å²) in [5.74, 6) is -0.792. The largest absolute Gasteiger partial charge is 0.478 e. The molecule has 0 radical (unpaired) electrons. The zero-order valence-corrected chi connectivity index (χ0v) is 17.1. The number of carboxylic acids is 1. The molecule has 140 valence electrons. The first kappa shape index (κ1) is 18.9. The summed E-state index contributed by atoms with van der Waals surface area (Å²) in [6.07, 6.45) is 7.94. The van der Waals surface area contributed by atoms with Gasteiger partial charge < -0.3 is 5.11 Å². The molecule has 1 N–H and O–H groups in total. The van der Waals surface area contributed by atoms with Crippen LogP contribution < -0.4 is 0 Å². The number of fused-ring (bicyclic) bond motifs is 1. The standard InChI is InChI=1S/C24H32O2/c1-16-8-7-11-24(6,15-18(16)21(25)26)17-9-10-19-20(14-17)23(4,5)13-12-22(19,2)3/h7-10,14H,11-13,15H2,1-6H3,(H,25,26). The van der Waals surface area contributed by atoms with Gasteiger partial charge in [0.2, 0.25) is 0 Å². The van der Waals surface area contributed by atoms with E-state index in [4.69, 9.17) is 0 Å². The summed E-state index contributed by atoms with van der Waals surface area (Å²) in [5, 5.41) is 9.66. The molecule has 0 aromatic heterocycles. The lowest BCUT2D eigenvalue weighted by Gasteiger charge is -2.43. The molecule has 0 fully saturated rings. The average molecular weight is 353 g/mol.